The minimum Gasteiger partial charge on any atom is -0.456 e. The third-order valence-corrected chi connectivity index (χ3v) is 30.9. The molecule has 684 valence electrons. The third-order valence-electron chi connectivity index (χ3n) is 30.9. The molecule has 0 aliphatic carbocycles. The molecule has 0 amide bonds. The van der Waals surface area contributed by atoms with E-state index in [-0.39, 0.29) is 0 Å². The fourth-order valence-corrected chi connectivity index (χ4v) is 24.6. The molecule has 0 saturated heterocycles. The summed E-state index contributed by atoms with van der Waals surface area (Å²) in [5.74, 6) is 1.90. The maximum Gasteiger partial charge on any atom is 0.236 e. The first-order chi connectivity index (χ1) is 73.4. The molecule has 34 aromatic rings. The Morgan fingerprint density at radius 1 is 0.149 bits per heavy atom. The van der Waals surface area contributed by atoms with Crippen LogP contribution in [0, 0.1) is 0 Å². The number of nitrogens with zero attached hydrogens (tertiary/aromatic N) is 9. The zero-order chi connectivity index (χ0) is 96.6. The quantitative estimate of drug-likeness (QED) is 0.149. The van der Waals surface area contributed by atoms with Gasteiger partial charge in [0.05, 0.1) is 55.5 Å². The van der Waals surface area contributed by atoms with E-state index in [2.05, 4.69) is 420 Å². The van der Waals surface area contributed by atoms with Crippen LogP contribution in [0.4, 0.5) is 0 Å². The maximum absolute atomic E-state index is 6.40. The Kier molecular flexibility index (Phi) is 17.5. The van der Waals surface area contributed by atoms with Crippen LogP contribution in [0.5, 0.6) is 0 Å². The summed E-state index contributed by atoms with van der Waals surface area (Å²) in [4.78, 5) is 32.2. The van der Waals surface area contributed by atoms with Crippen LogP contribution >= 0.6 is 0 Å². The summed E-state index contributed by atoms with van der Waals surface area (Å²) in [6.07, 6.45) is 0. The fourth-order valence-electron chi connectivity index (χ4n) is 24.6. The van der Waals surface area contributed by atoms with Gasteiger partial charge in [0.2, 0.25) is 17.8 Å². The van der Waals surface area contributed by atoms with Gasteiger partial charge in [-0.2, -0.15) is 0 Å². The zero-order valence-electron chi connectivity index (χ0n) is 79.2. The molecular formula is C136H77N9O3. The molecule has 0 aliphatic rings. The van der Waals surface area contributed by atoms with Gasteiger partial charge in [0, 0.05) is 108 Å². The zero-order valence-corrected chi connectivity index (χ0v) is 79.2. The molecule has 12 heteroatoms. The van der Waals surface area contributed by atoms with Gasteiger partial charge in [0.15, 0.2) is 5.58 Å². The number of hydrogen-bond acceptors (Lipinski definition) is 9. The minimum absolute atomic E-state index is 0.624. The molecule has 34 rings (SSSR count). The molecule has 0 spiro atoms. The lowest BCUT2D eigenvalue weighted by Crippen LogP contribution is -2.04. The molecule has 0 saturated carbocycles. The smallest absolute Gasteiger partial charge is 0.236 e. The second-order valence-corrected chi connectivity index (χ2v) is 38.7. The molecular weight excluding hydrogens is 1810 g/mol. The molecule has 9 heterocycles. The van der Waals surface area contributed by atoms with E-state index in [0.29, 0.717) is 23.4 Å². The number of furan rings is 3. The fraction of sp³-hybridized carbons (Fsp3) is 0. The van der Waals surface area contributed by atoms with E-state index in [1.807, 2.05) is 60.7 Å². The average molecular weight is 1890 g/mol. The van der Waals surface area contributed by atoms with Gasteiger partial charge in [-0.3, -0.25) is 13.7 Å². The Hall–Kier alpha value is -20.1. The Labute approximate surface area is 841 Å². The largest absolute Gasteiger partial charge is 0.456 e. The first-order valence-corrected chi connectivity index (χ1v) is 50.2. The molecule has 0 N–H and O–H groups in total. The first-order valence-electron chi connectivity index (χ1n) is 50.2. The van der Waals surface area contributed by atoms with E-state index in [1.165, 1.54) is 140 Å². The molecule has 25 aromatic carbocycles. The monoisotopic (exact) mass is 1880 g/mol. The van der Waals surface area contributed by atoms with Gasteiger partial charge >= 0.3 is 0 Å². The van der Waals surface area contributed by atoms with Crippen LogP contribution in [0.15, 0.2) is 480 Å². The van der Waals surface area contributed by atoms with Gasteiger partial charge in [0.1, 0.15) is 39.1 Å². The molecule has 0 unspecified atom stereocenters. The molecule has 0 atom stereocenters. The van der Waals surface area contributed by atoms with E-state index < -0.39 is 0 Å². The lowest BCUT2D eigenvalue weighted by molar-refractivity contribution is 0.666. The maximum atomic E-state index is 6.40. The van der Waals surface area contributed by atoms with Crippen molar-refractivity contribution in [2.24, 2.45) is 0 Å². The van der Waals surface area contributed by atoms with Crippen LogP contribution < -0.4 is 0 Å². The molecule has 0 fully saturated rings. The van der Waals surface area contributed by atoms with E-state index >= 15 is 0 Å². The number of benzene rings is 25. The van der Waals surface area contributed by atoms with E-state index in [9.17, 15) is 0 Å². The highest BCUT2D eigenvalue weighted by Crippen LogP contribution is 2.51. The number of para-hydroxylation sites is 6. The Morgan fingerprint density at radius 2 is 0.453 bits per heavy atom. The van der Waals surface area contributed by atoms with Crippen molar-refractivity contribution in [1.82, 2.24) is 43.6 Å². The van der Waals surface area contributed by atoms with Gasteiger partial charge < -0.3 is 13.3 Å². The summed E-state index contributed by atoms with van der Waals surface area (Å²) in [7, 11) is 0. The molecule has 148 heavy (non-hydrogen) atoms. The van der Waals surface area contributed by atoms with Crippen molar-refractivity contribution in [1.29, 1.82) is 0 Å². The van der Waals surface area contributed by atoms with Crippen LogP contribution in [0.25, 0.3) is 323 Å². The normalized spacial score (nSPS) is 12.2. The van der Waals surface area contributed by atoms with E-state index in [0.717, 1.165) is 160 Å². The van der Waals surface area contributed by atoms with Crippen LogP contribution in [-0.2, 0) is 0 Å². The predicted molar refractivity (Wildman–Crippen MR) is 615 cm³/mol. The molecule has 9 aromatic heterocycles. The molecule has 0 bridgehead atoms. The standard InChI is InChI=1S/2C48H27N3O.C40H23N3O/c1-2-12-30-28(11-1)21-24-39-46(29-22-23-35-34-16-8-10-20-42(34)52-43(35)27-29)49-48(50-47(30)39)51-40-19-9-7-18-38(40)45-41(51)26-25-37-33-15-4-3-13-31(33)32-14-5-6-17-36(32)44(37)45;1-2-12-30-28(11-1)22-25-40-45(30)46-41(26-24-37-33-15-4-3-13-31(33)32-14-5-6-17-36(32)44(37)46)51(40)48-49-39-19-9-7-18-38(39)47(50-48)29-21-23-35-34-16-8-10-20-42(34)52-43(35)27-29;1-2-12-24(13-3-1)37-39-38(31-19-9-11-21-34(31)44-39)42-40(41-37)43-32-20-10-8-18-30(32)36-33(43)23-22-29-27-16-5-4-14-25(27)26-15-6-7-17-28(26)35(29)36/h2*1-27H;1-23H. The van der Waals surface area contributed by atoms with Gasteiger partial charge in [-0.15, -0.1) is 0 Å². The van der Waals surface area contributed by atoms with Gasteiger partial charge in [-0.25, -0.2) is 29.9 Å². The molecule has 12 nitrogen and oxygen atoms in total. The summed E-state index contributed by atoms with van der Waals surface area (Å²) in [5, 5.41) is 41.8. The second-order valence-electron chi connectivity index (χ2n) is 38.7. The Morgan fingerprint density at radius 3 is 0.953 bits per heavy atom. The second kappa shape index (κ2) is 31.7. The van der Waals surface area contributed by atoms with Crippen molar-refractivity contribution in [2.45, 2.75) is 0 Å². The van der Waals surface area contributed by atoms with Crippen molar-refractivity contribution in [3.8, 4) is 51.6 Å². The molecule has 0 aliphatic heterocycles. The Balaban J connectivity index is 0.0000000988. The Bertz CT molecular complexity index is 11700. The van der Waals surface area contributed by atoms with Crippen LogP contribution in [0.2, 0.25) is 0 Å². The first kappa shape index (κ1) is 81.6. The van der Waals surface area contributed by atoms with E-state index in [4.69, 9.17) is 43.2 Å². The summed E-state index contributed by atoms with van der Waals surface area (Å²) in [6, 6.07) is 166. The van der Waals surface area contributed by atoms with E-state index in [1.54, 1.807) is 0 Å². The predicted octanol–water partition coefficient (Wildman–Crippen LogP) is 36.4. The summed E-state index contributed by atoms with van der Waals surface area (Å²) >= 11 is 0. The van der Waals surface area contributed by atoms with Crippen molar-refractivity contribution in [3.05, 3.63) is 467 Å². The minimum atomic E-state index is 0.624. The summed E-state index contributed by atoms with van der Waals surface area (Å²) < 4.78 is 25.9. The highest BCUT2D eigenvalue weighted by molar-refractivity contribution is 6.40. The average Bonchev–Trinajstić information content (AvgIpc) is 1.55. The summed E-state index contributed by atoms with van der Waals surface area (Å²) in [6.45, 7) is 0. The number of fused-ring (bicyclic) bond motifs is 45. The van der Waals surface area contributed by atoms with Gasteiger partial charge in [0.25, 0.3) is 0 Å². The highest BCUT2D eigenvalue weighted by atomic mass is 16.3. The summed E-state index contributed by atoms with van der Waals surface area (Å²) in [5.41, 5.74) is 19.5. The van der Waals surface area contributed by atoms with Crippen molar-refractivity contribution >= 4 is 272 Å². The number of rotatable bonds is 6. The lowest BCUT2D eigenvalue weighted by atomic mass is 9.91. The van der Waals surface area contributed by atoms with Crippen LogP contribution in [-0.4, -0.2) is 43.6 Å². The lowest BCUT2D eigenvalue weighted by Gasteiger charge is -2.14. The van der Waals surface area contributed by atoms with Crippen LogP contribution in [0.1, 0.15) is 0 Å². The molecule has 0 radical (unpaired) electrons. The van der Waals surface area contributed by atoms with Crippen LogP contribution in [0.3, 0.4) is 0 Å². The SMILES string of the molecule is c1ccc(-c2nc(-n3c4ccccc4c4c5c6ccccc6c6ccccc6c5ccc43)nc3c2oc2ccccc23)cc1.c1ccc2c(c1)ccc1c(-c3ccc4c(c3)oc3ccccc34)nc(-n3c4ccccc4c4c5c6ccccc6c6ccccc6c5ccc43)nc12.c1ccc2c(c1)ccc1c2c2c3c4ccccc4c4ccccc4c3ccc2n1-c1nc(-c2ccc3c(c2)oc2ccccc23)c2ccccc2n1. The third kappa shape index (κ3) is 12.0. The number of aromatic nitrogens is 9. The highest BCUT2D eigenvalue weighted by Gasteiger charge is 2.30. The van der Waals surface area contributed by atoms with Crippen molar-refractivity contribution in [2.75, 3.05) is 0 Å². The number of hydrogen-bond donors (Lipinski definition) is 0. The van der Waals surface area contributed by atoms with Crippen molar-refractivity contribution < 1.29 is 13.3 Å². The van der Waals surface area contributed by atoms with Crippen molar-refractivity contribution in [3.63, 3.8) is 0 Å². The topological polar surface area (TPSA) is 132 Å². The van der Waals surface area contributed by atoms with Gasteiger partial charge in [-0.05, 0) is 194 Å². The van der Waals surface area contributed by atoms with Gasteiger partial charge in [-0.1, -0.05) is 370 Å².